The van der Waals surface area contributed by atoms with E-state index in [2.05, 4.69) is 17.1 Å². The standard InChI is InChI=1S/C17H24N2O2S/c1-3-11-19(12-13-5-6-13)17(22)18-15-9-7-14(8-10-15)16(20)21-4-2/h7-10,13H,3-6,11-12H2,1-2H3,(H,18,22). The number of thiocarbonyl (C=S) groups is 1. The van der Waals surface area contributed by atoms with Gasteiger partial charge < -0.3 is 15.0 Å². The zero-order valence-electron chi connectivity index (χ0n) is 13.3. The summed E-state index contributed by atoms with van der Waals surface area (Å²) in [6.07, 6.45) is 3.71. The normalized spacial score (nSPS) is 13.5. The minimum atomic E-state index is -0.294. The van der Waals surface area contributed by atoms with Gasteiger partial charge in [-0.25, -0.2) is 4.79 Å². The van der Waals surface area contributed by atoms with Crippen LogP contribution in [0.15, 0.2) is 24.3 Å². The molecule has 1 aliphatic rings. The first-order chi connectivity index (χ1) is 10.6. The van der Waals surface area contributed by atoms with Crippen molar-refractivity contribution < 1.29 is 9.53 Å². The molecule has 0 atom stereocenters. The number of hydrogen-bond donors (Lipinski definition) is 1. The summed E-state index contributed by atoms with van der Waals surface area (Å²) in [5.41, 5.74) is 1.46. The van der Waals surface area contributed by atoms with E-state index in [-0.39, 0.29) is 5.97 Å². The van der Waals surface area contributed by atoms with Crippen LogP contribution in [0.3, 0.4) is 0 Å². The second-order valence-corrected chi connectivity index (χ2v) is 6.00. The van der Waals surface area contributed by atoms with Crippen molar-refractivity contribution in [2.24, 2.45) is 5.92 Å². The van der Waals surface area contributed by atoms with E-state index in [9.17, 15) is 4.79 Å². The Labute approximate surface area is 137 Å². The summed E-state index contributed by atoms with van der Waals surface area (Å²) in [6.45, 7) is 6.37. The first-order valence-electron chi connectivity index (χ1n) is 7.97. The number of benzene rings is 1. The monoisotopic (exact) mass is 320 g/mol. The molecule has 120 valence electrons. The highest BCUT2D eigenvalue weighted by Crippen LogP contribution is 2.30. The largest absolute Gasteiger partial charge is 0.462 e. The highest BCUT2D eigenvalue weighted by atomic mass is 32.1. The summed E-state index contributed by atoms with van der Waals surface area (Å²) in [4.78, 5) is 13.9. The average Bonchev–Trinajstić information content (AvgIpc) is 3.32. The van der Waals surface area contributed by atoms with Crippen molar-refractivity contribution in [2.75, 3.05) is 25.0 Å². The molecule has 0 saturated heterocycles. The van der Waals surface area contributed by atoms with E-state index >= 15 is 0 Å². The second-order valence-electron chi connectivity index (χ2n) is 5.62. The van der Waals surface area contributed by atoms with Crippen molar-refractivity contribution in [3.63, 3.8) is 0 Å². The number of nitrogens with one attached hydrogen (secondary N) is 1. The topological polar surface area (TPSA) is 41.6 Å². The molecule has 2 rings (SSSR count). The van der Waals surface area contributed by atoms with Gasteiger partial charge >= 0.3 is 5.97 Å². The Kier molecular flexibility index (Phi) is 6.19. The molecule has 1 saturated carbocycles. The van der Waals surface area contributed by atoms with Gasteiger partial charge in [-0.3, -0.25) is 0 Å². The number of ether oxygens (including phenoxy) is 1. The highest BCUT2D eigenvalue weighted by molar-refractivity contribution is 7.80. The van der Waals surface area contributed by atoms with Crippen LogP contribution in [0.1, 0.15) is 43.5 Å². The van der Waals surface area contributed by atoms with Crippen molar-refractivity contribution in [1.29, 1.82) is 0 Å². The van der Waals surface area contributed by atoms with Crippen LogP contribution in [0, 0.1) is 5.92 Å². The number of hydrogen-bond acceptors (Lipinski definition) is 3. The van der Waals surface area contributed by atoms with Gasteiger partial charge in [0.2, 0.25) is 0 Å². The average molecular weight is 320 g/mol. The molecule has 1 aromatic carbocycles. The number of anilines is 1. The van der Waals surface area contributed by atoms with E-state index < -0.39 is 0 Å². The predicted molar refractivity (Wildman–Crippen MR) is 93.2 cm³/mol. The van der Waals surface area contributed by atoms with Gasteiger partial charge in [-0.05, 0) is 68.6 Å². The Morgan fingerprint density at radius 2 is 2.00 bits per heavy atom. The molecule has 1 aromatic rings. The molecule has 5 heteroatoms. The Hall–Kier alpha value is -1.62. The maximum Gasteiger partial charge on any atom is 0.338 e. The molecule has 1 N–H and O–H groups in total. The van der Waals surface area contributed by atoms with Crippen molar-refractivity contribution >= 4 is 29.0 Å². The highest BCUT2D eigenvalue weighted by Gasteiger charge is 2.25. The molecule has 0 radical (unpaired) electrons. The Balaban J connectivity index is 1.93. The quantitative estimate of drug-likeness (QED) is 0.613. The Morgan fingerprint density at radius 3 is 2.55 bits per heavy atom. The lowest BCUT2D eigenvalue weighted by Crippen LogP contribution is -2.36. The van der Waals surface area contributed by atoms with Crippen LogP contribution >= 0.6 is 12.2 Å². The van der Waals surface area contributed by atoms with E-state index in [0.29, 0.717) is 12.2 Å². The van der Waals surface area contributed by atoms with Gasteiger partial charge in [-0.1, -0.05) is 6.92 Å². The van der Waals surface area contributed by atoms with Crippen LogP contribution in [-0.2, 0) is 4.74 Å². The Morgan fingerprint density at radius 1 is 1.32 bits per heavy atom. The fourth-order valence-corrected chi connectivity index (χ4v) is 2.55. The Bertz CT molecular complexity index is 512. The van der Waals surface area contributed by atoms with Crippen LogP contribution in [0.2, 0.25) is 0 Å². The van der Waals surface area contributed by atoms with Gasteiger partial charge in [-0.15, -0.1) is 0 Å². The summed E-state index contributed by atoms with van der Waals surface area (Å²) in [7, 11) is 0. The lowest BCUT2D eigenvalue weighted by atomic mass is 10.2. The lowest BCUT2D eigenvalue weighted by Gasteiger charge is -2.25. The zero-order chi connectivity index (χ0) is 15.9. The van der Waals surface area contributed by atoms with Crippen molar-refractivity contribution in [3.8, 4) is 0 Å². The molecule has 1 fully saturated rings. The molecule has 0 spiro atoms. The summed E-state index contributed by atoms with van der Waals surface area (Å²) in [5, 5.41) is 4.03. The van der Waals surface area contributed by atoms with Crippen LogP contribution in [-0.4, -0.2) is 35.7 Å². The fraction of sp³-hybridized carbons (Fsp3) is 0.529. The minimum Gasteiger partial charge on any atom is -0.462 e. The van der Waals surface area contributed by atoms with Gasteiger partial charge in [0, 0.05) is 18.8 Å². The molecule has 0 heterocycles. The van der Waals surface area contributed by atoms with E-state index in [4.69, 9.17) is 17.0 Å². The van der Waals surface area contributed by atoms with E-state index in [0.717, 1.165) is 36.2 Å². The van der Waals surface area contributed by atoms with Crippen molar-refractivity contribution in [2.45, 2.75) is 33.1 Å². The minimum absolute atomic E-state index is 0.294. The molecule has 1 aliphatic carbocycles. The number of rotatable bonds is 7. The van der Waals surface area contributed by atoms with E-state index in [1.54, 1.807) is 19.1 Å². The van der Waals surface area contributed by atoms with Crippen LogP contribution in [0.25, 0.3) is 0 Å². The van der Waals surface area contributed by atoms with Crippen molar-refractivity contribution in [1.82, 2.24) is 4.90 Å². The maximum atomic E-state index is 11.6. The maximum absolute atomic E-state index is 11.6. The summed E-state index contributed by atoms with van der Waals surface area (Å²) in [6, 6.07) is 7.24. The summed E-state index contributed by atoms with van der Waals surface area (Å²) >= 11 is 5.52. The predicted octanol–water partition coefficient (Wildman–Crippen LogP) is 3.68. The number of carbonyl (C=O) groups is 1. The third kappa shape index (κ3) is 4.98. The third-order valence-corrected chi connectivity index (χ3v) is 3.96. The van der Waals surface area contributed by atoms with Crippen molar-refractivity contribution in [3.05, 3.63) is 29.8 Å². The zero-order valence-corrected chi connectivity index (χ0v) is 14.1. The smallest absolute Gasteiger partial charge is 0.338 e. The molecule has 0 aromatic heterocycles. The lowest BCUT2D eigenvalue weighted by molar-refractivity contribution is 0.0526. The summed E-state index contributed by atoms with van der Waals surface area (Å²) in [5.74, 6) is 0.510. The molecule has 4 nitrogen and oxygen atoms in total. The fourth-order valence-electron chi connectivity index (χ4n) is 2.26. The number of nitrogens with zero attached hydrogens (tertiary/aromatic N) is 1. The molecule has 0 aliphatic heterocycles. The molecule has 0 bridgehead atoms. The molecule has 0 amide bonds. The van der Waals surface area contributed by atoms with Gasteiger partial charge in [-0.2, -0.15) is 0 Å². The van der Waals surface area contributed by atoms with Crippen LogP contribution < -0.4 is 5.32 Å². The molecular weight excluding hydrogens is 296 g/mol. The third-order valence-electron chi connectivity index (χ3n) is 3.60. The van der Waals surface area contributed by atoms with Gasteiger partial charge in [0.15, 0.2) is 5.11 Å². The number of esters is 1. The molecule has 0 unspecified atom stereocenters. The van der Waals surface area contributed by atoms with E-state index in [1.807, 2.05) is 12.1 Å². The van der Waals surface area contributed by atoms with Crippen LogP contribution in [0.5, 0.6) is 0 Å². The first-order valence-corrected chi connectivity index (χ1v) is 8.38. The molecular formula is C17H24N2O2S. The van der Waals surface area contributed by atoms with E-state index in [1.165, 1.54) is 12.8 Å². The van der Waals surface area contributed by atoms with Gasteiger partial charge in [0.05, 0.1) is 12.2 Å². The summed E-state index contributed by atoms with van der Waals surface area (Å²) < 4.78 is 4.98. The number of carbonyl (C=O) groups excluding carboxylic acids is 1. The molecule has 22 heavy (non-hydrogen) atoms. The second kappa shape index (κ2) is 8.13. The van der Waals surface area contributed by atoms with Gasteiger partial charge in [0.1, 0.15) is 0 Å². The van der Waals surface area contributed by atoms with Gasteiger partial charge in [0.25, 0.3) is 0 Å². The van der Waals surface area contributed by atoms with Crippen LogP contribution in [0.4, 0.5) is 5.69 Å². The first kappa shape index (κ1) is 16.7. The SMILES string of the molecule is CCCN(CC1CC1)C(=S)Nc1ccc(C(=O)OCC)cc1.